The molecule has 10 heteroatoms. The van der Waals surface area contributed by atoms with E-state index in [1.165, 1.54) is 17.3 Å². The van der Waals surface area contributed by atoms with Crippen LogP contribution in [0.15, 0.2) is 41.4 Å². The Hall–Kier alpha value is -2.20. The lowest BCUT2D eigenvalue weighted by Gasteiger charge is -2.18. The van der Waals surface area contributed by atoms with E-state index in [9.17, 15) is 26.0 Å². The van der Waals surface area contributed by atoms with Crippen molar-refractivity contribution in [2.75, 3.05) is 13.1 Å². The number of rotatable bonds is 4. The van der Waals surface area contributed by atoms with Crippen LogP contribution in [0.2, 0.25) is 0 Å². The molecule has 2 heterocycles. The minimum absolute atomic E-state index is 0.0123. The monoisotopic (exact) mass is 404 g/mol. The van der Waals surface area contributed by atoms with Crippen molar-refractivity contribution in [2.24, 2.45) is 0 Å². The first kappa shape index (κ1) is 19.6. The van der Waals surface area contributed by atoms with Crippen LogP contribution in [-0.2, 0) is 16.2 Å². The Morgan fingerprint density at radius 3 is 2.63 bits per heavy atom. The molecule has 146 valence electrons. The smallest absolute Gasteiger partial charge is 0.416 e. The Labute approximate surface area is 153 Å². The summed E-state index contributed by atoms with van der Waals surface area (Å²) in [7, 11) is -3.86. The van der Waals surface area contributed by atoms with Gasteiger partial charge in [0.25, 0.3) is 0 Å². The van der Waals surface area contributed by atoms with Crippen LogP contribution in [0.3, 0.4) is 0 Å². The minimum Gasteiger partial charge on any atom is -0.473 e. The molecule has 0 spiro atoms. The van der Waals surface area contributed by atoms with Gasteiger partial charge in [-0.25, -0.2) is 17.8 Å². The topological polar surface area (TPSA) is 59.5 Å². The molecule has 1 saturated heterocycles. The molecule has 1 atom stereocenters. The van der Waals surface area contributed by atoms with Crippen molar-refractivity contribution >= 4 is 10.0 Å². The van der Waals surface area contributed by atoms with Crippen molar-refractivity contribution in [3.63, 3.8) is 0 Å². The molecule has 0 amide bonds. The highest BCUT2D eigenvalue weighted by molar-refractivity contribution is 7.89. The van der Waals surface area contributed by atoms with Crippen LogP contribution in [0.25, 0.3) is 0 Å². The molecular weight excluding hydrogens is 388 g/mol. The summed E-state index contributed by atoms with van der Waals surface area (Å²) in [6.45, 7) is 1.60. The number of hydrogen-bond acceptors (Lipinski definition) is 4. The molecule has 1 aromatic heterocycles. The summed E-state index contributed by atoms with van der Waals surface area (Å²) >= 11 is 0. The molecule has 0 unspecified atom stereocenters. The van der Waals surface area contributed by atoms with Crippen molar-refractivity contribution in [1.82, 2.24) is 9.29 Å². The van der Waals surface area contributed by atoms with Crippen molar-refractivity contribution in [3.8, 4) is 5.88 Å². The van der Waals surface area contributed by atoms with Crippen LogP contribution in [0.5, 0.6) is 5.88 Å². The molecule has 5 nitrogen and oxygen atoms in total. The molecule has 0 aliphatic carbocycles. The molecule has 0 bridgehead atoms. The standard InChI is InChI=1S/C17H16F4N2O3S/c1-11-8-13(18)2-3-15(11)27(24,25)23-7-5-14(10-23)26-16-9-12(4-6-22-16)17(19,20)21/h2-4,6,8-9,14H,5,7,10H2,1H3/t14-/m0/s1. The van der Waals surface area contributed by atoms with Crippen LogP contribution in [0.1, 0.15) is 17.5 Å². The van der Waals surface area contributed by atoms with Gasteiger partial charge in [-0.15, -0.1) is 0 Å². The second kappa shape index (κ2) is 7.08. The maximum absolute atomic E-state index is 13.2. The minimum atomic E-state index is -4.52. The molecule has 0 radical (unpaired) electrons. The van der Waals surface area contributed by atoms with Gasteiger partial charge < -0.3 is 4.74 Å². The first-order valence-corrected chi connectivity index (χ1v) is 9.47. The van der Waals surface area contributed by atoms with E-state index in [0.29, 0.717) is 6.42 Å². The first-order valence-electron chi connectivity index (χ1n) is 8.03. The summed E-state index contributed by atoms with van der Waals surface area (Å²) in [6, 6.07) is 5.00. The number of ether oxygens (including phenoxy) is 1. The van der Waals surface area contributed by atoms with Crippen molar-refractivity contribution in [1.29, 1.82) is 0 Å². The number of halogens is 4. The Balaban J connectivity index is 1.73. The summed E-state index contributed by atoms with van der Waals surface area (Å²) in [6.07, 6.45) is -3.86. The summed E-state index contributed by atoms with van der Waals surface area (Å²) in [5.41, 5.74) is -0.615. The summed E-state index contributed by atoms with van der Waals surface area (Å²) < 4.78 is 83.6. The van der Waals surface area contributed by atoms with Gasteiger partial charge in [0, 0.05) is 18.8 Å². The molecule has 0 N–H and O–H groups in total. The number of pyridine rings is 1. The number of aromatic nitrogens is 1. The zero-order valence-electron chi connectivity index (χ0n) is 14.2. The Morgan fingerprint density at radius 1 is 1.22 bits per heavy atom. The average molecular weight is 404 g/mol. The fraction of sp³-hybridized carbons (Fsp3) is 0.353. The molecular formula is C17H16F4N2O3S. The molecule has 2 aromatic rings. The predicted octanol–water partition coefficient (Wildman–Crippen LogP) is 3.39. The average Bonchev–Trinajstić information content (AvgIpc) is 3.03. The van der Waals surface area contributed by atoms with Crippen LogP contribution < -0.4 is 4.74 Å². The molecule has 1 aliphatic heterocycles. The van der Waals surface area contributed by atoms with Crippen molar-refractivity contribution in [3.05, 3.63) is 53.5 Å². The lowest BCUT2D eigenvalue weighted by molar-refractivity contribution is -0.137. The van der Waals surface area contributed by atoms with Gasteiger partial charge >= 0.3 is 6.18 Å². The molecule has 1 aromatic carbocycles. The van der Waals surface area contributed by atoms with Gasteiger partial charge in [-0.3, -0.25) is 0 Å². The van der Waals surface area contributed by atoms with E-state index >= 15 is 0 Å². The maximum atomic E-state index is 13.2. The Bertz CT molecular complexity index is 947. The first-order chi connectivity index (χ1) is 12.6. The van der Waals surface area contributed by atoms with Crippen molar-refractivity contribution in [2.45, 2.75) is 30.5 Å². The summed E-state index contributed by atoms with van der Waals surface area (Å²) in [5, 5.41) is 0. The number of benzene rings is 1. The number of aryl methyl sites for hydroxylation is 1. The van der Waals surface area contributed by atoms with Crippen LogP contribution in [0.4, 0.5) is 17.6 Å². The SMILES string of the molecule is Cc1cc(F)ccc1S(=O)(=O)N1CC[C@H](Oc2cc(C(F)(F)F)ccn2)C1. The number of nitrogens with zero attached hydrogens (tertiary/aromatic N) is 2. The Kier molecular flexibility index (Phi) is 5.13. The van der Waals surface area contributed by atoms with Gasteiger partial charge in [0.05, 0.1) is 17.0 Å². The van der Waals surface area contributed by atoms with Gasteiger partial charge in [-0.1, -0.05) is 0 Å². The lowest BCUT2D eigenvalue weighted by Crippen LogP contribution is -2.31. The van der Waals surface area contributed by atoms with E-state index in [4.69, 9.17) is 4.74 Å². The summed E-state index contributed by atoms with van der Waals surface area (Å²) in [5.74, 6) is -0.753. The van der Waals surface area contributed by atoms with E-state index in [0.717, 1.165) is 30.5 Å². The van der Waals surface area contributed by atoms with Crippen LogP contribution in [0, 0.1) is 12.7 Å². The normalized spacial score (nSPS) is 18.6. The largest absolute Gasteiger partial charge is 0.473 e. The van der Waals surface area contributed by atoms with Gasteiger partial charge in [0.15, 0.2) is 0 Å². The third kappa shape index (κ3) is 4.22. The number of hydrogen-bond donors (Lipinski definition) is 0. The van der Waals surface area contributed by atoms with E-state index in [1.54, 1.807) is 0 Å². The second-order valence-electron chi connectivity index (χ2n) is 6.18. The fourth-order valence-corrected chi connectivity index (χ4v) is 4.57. The highest BCUT2D eigenvalue weighted by Crippen LogP contribution is 2.31. The van der Waals surface area contributed by atoms with Crippen molar-refractivity contribution < 1.29 is 30.7 Å². The molecule has 1 aliphatic rings. The third-order valence-electron chi connectivity index (χ3n) is 4.21. The maximum Gasteiger partial charge on any atom is 0.416 e. The van der Waals surface area contributed by atoms with E-state index in [1.807, 2.05) is 0 Å². The molecule has 0 saturated carbocycles. The van der Waals surface area contributed by atoms with Crippen LogP contribution in [-0.4, -0.2) is 36.9 Å². The number of sulfonamides is 1. The van der Waals surface area contributed by atoms with Gasteiger partial charge in [-0.2, -0.15) is 17.5 Å². The van der Waals surface area contributed by atoms with Gasteiger partial charge in [0.1, 0.15) is 11.9 Å². The zero-order valence-corrected chi connectivity index (χ0v) is 15.0. The predicted molar refractivity (Wildman–Crippen MR) is 88.2 cm³/mol. The number of alkyl halides is 3. The van der Waals surface area contributed by atoms with Gasteiger partial charge in [-0.05, 0) is 43.2 Å². The highest BCUT2D eigenvalue weighted by atomic mass is 32.2. The third-order valence-corrected chi connectivity index (χ3v) is 6.24. The van der Waals surface area contributed by atoms with Crippen LogP contribution >= 0.6 is 0 Å². The Morgan fingerprint density at radius 2 is 1.96 bits per heavy atom. The lowest BCUT2D eigenvalue weighted by atomic mass is 10.2. The molecule has 3 rings (SSSR count). The molecule has 1 fully saturated rings. The molecule has 27 heavy (non-hydrogen) atoms. The second-order valence-corrected chi connectivity index (χ2v) is 8.09. The van der Waals surface area contributed by atoms with E-state index < -0.39 is 33.7 Å². The quantitative estimate of drug-likeness (QED) is 0.733. The van der Waals surface area contributed by atoms with E-state index in [-0.39, 0.29) is 29.4 Å². The zero-order chi connectivity index (χ0) is 19.8. The van der Waals surface area contributed by atoms with Gasteiger partial charge in [0.2, 0.25) is 15.9 Å². The van der Waals surface area contributed by atoms with E-state index in [2.05, 4.69) is 4.98 Å². The fourth-order valence-electron chi connectivity index (χ4n) is 2.87. The summed E-state index contributed by atoms with van der Waals surface area (Å²) in [4.78, 5) is 3.74. The highest BCUT2D eigenvalue weighted by Gasteiger charge is 2.35.